The summed E-state index contributed by atoms with van der Waals surface area (Å²) in [7, 11) is 0. The Morgan fingerprint density at radius 3 is 2.29 bits per heavy atom. The monoisotopic (exact) mass is 467 g/mol. The number of carbonyl (C=O) groups is 5. The second-order valence-corrected chi connectivity index (χ2v) is 7.86. The number of carbonyl (C=O) groups excluding carboxylic acids is 5. The summed E-state index contributed by atoms with van der Waals surface area (Å²) < 4.78 is 10.3. The zero-order chi connectivity index (χ0) is 24.8. The Labute approximate surface area is 196 Å². The molecule has 1 heterocycles. The molecule has 10 nitrogen and oxygen atoms in total. The van der Waals surface area contributed by atoms with Crippen molar-refractivity contribution in [2.75, 3.05) is 24.7 Å². The average Bonchev–Trinajstić information content (AvgIpc) is 3.06. The molecule has 0 radical (unpaired) electrons. The topological polar surface area (TPSA) is 131 Å². The molecule has 0 fully saturated rings. The van der Waals surface area contributed by atoms with Crippen LogP contribution in [0, 0.1) is 5.92 Å². The Morgan fingerprint density at radius 1 is 0.971 bits per heavy atom. The molecule has 0 aliphatic carbocycles. The number of rotatable bonds is 8. The van der Waals surface area contributed by atoms with Crippen molar-refractivity contribution in [3.63, 3.8) is 0 Å². The SMILES string of the molecule is CCOc1ccc(N2C(=O)c3ccc(C(=O)OCC(=O)NC(=O)NCC(C)C)cc3C2=O)cc1. The number of benzene rings is 2. The van der Waals surface area contributed by atoms with Crippen molar-refractivity contribution in [2.45, 2.75) is 20.8 Å². The Bertz CT molecular complexity index is 1130. The minimum atomic E-state index is -0.875. The van der Waals surface area contributed by atoms with Crippen LogP contribution in [0.3, 0.4) is 0 Å². The van der Waals surface area contributed by atoms with Crippen LogP contribution in [0.4, 0.5) is 10.5 Å². The van der Waals surface area contributed by atoms with E-state index in [-0.39, 0.29) is 22.6 Å². The molecule has 10 heteroatoms. The number of imide groups is 2. The molecule has 2 aromatic carbocycles. The van der Waals surface area contributed by atoms with E-state index in [1.807, 2.05) is 20.8 Å². The normalized spacial score (nSPS) is 12.4. The predicted molar refractivity (Wildman–Crippen MR) is 122 cm³/mol. The van der Waals surface area contributed by atoms with Crippen LogP contribution in [0.1, 0.15) is 51.8 Å². The Hall–Kier alpha value is -4.21. The van der Waals surface area contributed by atoms with Crippen LogP contribution in [0.2, 0.25) is 0 Å². The van der Waals surface area contributed by atoms with E-state index in [0.717, 1.165) is 4.90 Å². The van der Waals surface area contributed by atoms with Crippen LogP contribution in [0.25, 0.3) is 0 Å². The van der Waals surface area contributed by atoms with Gasteiger partial charge in [-0.05, 0) is 55.3 Å². The van der Waals surface area contributed by atoms with Gasteiger partial charge < -0.3 is 14.8 Å². The number of urea groups is 1. The van der Waals surface area contributed by atoms with Crippen molar-refractivity contribution in [3.8, 4) is 5.75 Å². The number of anilines is 1. The highest BCUT2D eigenvalue weighted by Gasteiger charge is 2.37. The summed E-state index contributed by atoms with van der Waals surface area (Å²) in [6.07, 6.45) is 0. The van der Waals surface area contributed by atoms with Gasteiger partial charge in [-0.15, -0.1) is 0 Å². The standard InChI is InChI=1S/C24H25N3O7/c1-4-33-17-8-6-16(7-9-17)27-21(29)18-10-5-15(11-19(18)22(27)30)23(31)34-13-20(28)26-24(32)25-12-14(2)3/h5-11,14H,4,12-13H2,1-3H3,(H2,25,26,28,32). The fraction of sp³-hybridized carbons (Fsp3) is 0.292. The Morgan fingerprint density at radius 2 is 1.65 bits per heavy atom. The molecule has 0 unspecified atom stereocenters. The molecule has 0 saturated carbocycles. The summed E-state index contributed by atoms with van der Waals surface area (Å²) in [6, 6.07) is 9.75. The minimum absolute atomic E-state index is 0.00879. The molecule has 5 amide bonds. The number of nitrogens with zero attached hydrogens (tertiary/aromatic N) is 1. The van der Waals surface area contributed by atoms with Crippen LogP contribution in [-0.2, 0) is 9.53 Å². The van der Waals surface area contributed by atoms with Crippen molar-refractivity contribution >= 4 is 35.4 Å². The molecule has 178 valence electrons. The zero-order valence-corrected chi connectivity index (χ0v) is 19.0. The van der Waals surface area contributed by atoms with Crippen molar-refractivity contribution in [3.05, 3.63) is 59.2 Å². The summed E-state index contributed by atoms with van der Waals surface area (Å²) in [5.74, 6) is -1.97. The zero-order valence-electron chi connectivity index (χ0n) is 19.0. The molecule has 0 atom stereocenters. The van der Waals surface area contributed by atoms with Gasteiger partial charge in [-0.25, -0.2) is 14.5 Å². The number of fused-ring (bicyclic) bond motifs is 1. The third kappa shape index (κ3) is 5.58. The van der Waals surface area contributed by atoms with Crippen molar-refractivity contribution in [1.29, 1.82) is 0 Å². The molecule has 3 rings (SSSR count). The Balaban J connectivity index is 1.64. The van der Waals surface area contributed by atoms with Crippen LogP contribution in [0.5, 0.6) is 5.75 Å². The average molecular weight is 467 g/mol. The van der Waals surface area contributed by atoms with Gasteiger partial charge in [0.25, 0.3) is 17.7 Å². The molecular formula is C24H25N3O7. The number of esters is 1. The third-order valence-electron chi connectivity index (χ3n) is 4.79. The quantitative estimate of drug-likeness (QED) is 0.450. The first-order valence-corrected chi connectivity index (χ1v) is 10.7. The largest absolute Gasteiger partial charge is 0.494 e. The van der Waals surface area contributed by atoms with Gasteiger partial charge in [0.2, 0.25) is 0 Å². The number of amides is 5. The summed E-state index contributed by atoms with van der Waals surface area (Å²) in [4.78, 5) is 62.5. The maximum Gasteiger partial charge on any atom is 0.338 e. The molecule has 0 spiro atoms. The van der Waals surface area contributed by atoms with E-state index in [1.54, 1.807) is 24.3 Å². The lowest BCUT2D eigenvalue weighted by atomic mass is 10.1. The third-order valence-corrected chi connectivity index (χ3v) is 4.79. The maximum absolute atomic E-state index is 12.9. The van der Waals surface area contributed by atoms with Gasteiger partial charge in [-0.3, -0.25) is 19.7 Å². The molecule has 1 aliphatic heterocycles. The minimum Gasteiger partial charge on any atom is -0.494 e. The van der Waals surface area contributed by atoms with Gasteiger partial charge in [-0.2, -0.15) is 0 Å². The highest BCUT2D eigenvalue weighted by molar-refractivity contribution is 6.34. The number of hydrogen-bond donors (Lipinski definition) is 2. The predicted octanol–water partition coefficient (Wildman–Crippen LogP) is 2.52. The Kier molecular flexibility index (Phi) is 7.62. The van der Waals surface area contributed by atoms with E-state index < -0.39 is 36.3 Å². The lowest BCUT2D eigenvalue weighted by molar-refractivity contribution is -0.123. The van der Waals surface area contributed by atoms with Crippen LogP contribution < -0.4 is 20.3 Å². The van der Waals surface area contributed by atoms with Crippen LogP contribution in [0.15, 0.2) is 42.5 Å². The maximum atomic E-state index is 12.9. The van der Waals surface area contributed by atoms with E-state index in [2.05, 4.69) is 10.6 Å². The van der Waals surface area contributed by atoms with Gasteiger partial charge in [0.1, 0.15) is 5.75 Å². The molecule has 34 heavy (non-hydrogen) atoms. The van der Waals surface area contributed by atoms with Gasteiger partial charge in [-0.1, -0.05) is 13.8 Å². The van der Waals surface area contributed by atoms with E-state index in [9.17, 15) is 24.0 Å². The van der Waals surface area contributed by atoms with Crippen LogP contribution >= 0.6 is 0 Å². The number of hydrogen-bond acceptors (Lipinski definition) is 7. The smallest absolute Gasteiger partial charge is 0.338 e. The second-order valence-electron chi connectivity index (χ2n) is 7.86. The summed E-state index contributed by atoms with van der Waals surface area (Å²) >= 11 is 0. The first-order chi connectivity index (χ1) is 16.2. The fourth-order valence-corrected chi connectivity index (χ4v) is 3.18. The summed E-state index contributed by atoms with van der Waals surface area (Å²) in [6.45, 7) is 5.83. The molecular weight excluding hydrogens is 442 g/mol. The van der Waals surface area contributed by atoms with E-state index in [1.165, 1.54) is 18.2 Å². The second kappa shape index (κ2) is 10.6. The molecule has 0 bridgehead atoms. The van der Waals surface area contributed by atoms with Crippen molar-refractivity contribution < 1.29 is 33.4 Å². The van der Waals surface area contributed by atoms with Gasteiger partial charge in [0.15, 0.2) is 6.61 Å². The molecule has 0 saturated heterocycles. The number of nitrogens with one attached hydrogen (secondary N) is 2. The summed E-state index contributed by atoms with van der Waals surface area (Å²) in [5, 5.41) is 4.56. The van der Waals surface area contributed by atoms with Gasteiger partial charge in [0.05, 0.1) is 29.0 Å². The van der Waals surface area contributed by atoms with Crippen molar-refractivity contribution in [2.24, 2.45) is 5.92 Å². The summed E-state index contributed by atoms with van der Waals surface area (Å²) in [5.41, 5.74) is 0.553. The lowest BCUT2D eigenvalue weighted by Gasteiger charge is -2.14. The van der Waals surface area contributed by atoms with E-state index >= 15 is 0 Å². The van der Waals surface area contributed by atoms with Gasteiger partial charge in [0, 0.05) is 6.54 Å². The molecule has 0 aromatic heterocycles. The van der Waals surface area contributed by atoms with Gasteiger partial charge >= 0.3 is 12.0 Å². The fourth-order valence-electron chi connectivity index (χ4n) is 3.18. The first kappa shape index (κ1) is 24.4. The lowest BCUT2D eigenvalue weighted by Crippen LogP contribution is -2.42. The van der Waals surface area contributed by atoms with E-state index in [0.29, 0.717) is 24.6 Å². The first-order valence-electron chi connectivity index (χ1n) is 10.7. The molecule has 1 aliphatic rings. The highest BCUT2D eigenvalue weighted by atomic mass is 16.5. The van der Waals surface area contributed by atoms with Crippen LogP contribution in [-0.4, -0.2) is 49.5 Å². The molecule has 2 aromatic rings. The highest BCUT2D eigenvalue weighted by Crippen LogP contribution is 2.30. The number of ether oxygens (including phenoxy) is 2. The molecule has 2 N–H and O–H groups in total. The van der Waals surface area contributed by atoms with E-state index in [4.69, 9.17) is 9.47 Å². The van der Waals surface area contributed by atoms with Crippen molar-refractivity contribution in [1.82, 2.24) is 10.6 Å².